The normalized spacial score (nSPS) is 21.0. The first-order chi connectivity index (χ1) is 12.3. The first-order valence-electron chi connectivity index (χ1n) is 9.14. The third kappa shape index (κ3) is 4.14. The Hall–Kier alpha value is -2.18. The topological polar surface area (TPSA) is 59.4 Å². The number of ether oxygens (including phenoxy) is 1. The molecule has 1 aromatic heterocycles. The van der Waals surface area contributed by atoms with E-state index in [1.165, 1.54) is 5.56 Å². The number of carbonyl (C=O) groups excluding carboxylic acids is 1. The van der Waals surface area contributed by atoms with Crippen LogP contribution in [0.3, 0.4) is 0 Å². The molecular formula is C20H28N4O2. The number of hydrogen-bond acceptors (Lipinski definition) is 4. The van der Waals surface area contributed by atoms with Crippen LogP contribution in [0.15, 0.2) is 24.3 Å². The number of nitrogens with zero attached hydrogens (tertiary/aromatic N) is 3. The van der Waals surface area contributed by atoms with E-state index in [4.69, 9.17) is 4.74 Å². The van der Waals surface area contributed by atoms with Gasteiger partial charge in [-0.3, -0.25) is 9.69 Å². The van der Waals surface area contributed by atoms with Crippen LogP contribution in [-0.4, -0.2) is 52.4 Å². The van der Waals surface area contributed by atoms with Gasteiger partial charge in [-0.15, -0.1) is 0 Å². The summed E-state index contributed by atoms with van der Waals surface area (Å²) < 4.78 is 7.61. The summed E-state index contributed by atoms with van der Waals surface area (Å²) in [4.78, 5) is 14.7. The van der Waals surface area contributed by atoms with Crippen molar-refractivity contribution < 1.29 is 9.53 Å². The molecule has 0 radical (unpaired) electrons. The number of benzene rings is 1. The second-order valence-electron chi connectivity index (χ2n) is 7.29. The zero-order chi connectivity index (χ0) is 18.8. The Bertz CT molecular complexity index is 772. The predicted molar refractivity (Wildman–Crippen MR) is 103 cm³/mol. The molecule has 6 heteroatoms. The summed E-state index contributed by atoms with van der Waals surface area (Å²) >= 11 is 0. The van der Waals surface area contributed by atoms with Crippen molar-refractivity contribution in [3.63, 3.8) is 0 Å². The molecule has 0 bridgehead atoms. The van der Waals surface area contributed by atoms with Crippen molar-refractivity contribution in [1.29, 1.82) is 0 Å². The smallest absolute Gasteiger partial charge is 0.238 e. The van der Waals surface area contributed by atoms with Crippen LogP contribution in [-0.2, 0) is 9.53 Å². The molecule has 1 aliphatic heterocycles. The summed E-state index contributed by atoms with van der Waals surface area (Å²) in [7, 11) is 0. The Labute approximate surface area is 155 Å². The fraction of sp³-hybridized carbons (Fsp3) is 0.500. The van der Waals surface area contributed by atoms with Crippen molar-refractivity contribution >= 4 is 11.6 Å². The van der Waals surface area contributed by atoms with Gasteiger partial charge in [-0.1, -0.05) is 17.7 Å². The number of anilines is 1. The minimum absolute atomic E-state index is 0.0130. The summed E-state index contributed by atoms with van der Waals surface area (Å²) in [6.07, 6.45) is 0.304. The molecule has 1 N–H and O–H groups in total. The van der Waals surface area contributed by atoms with E-state index in [2.05, 4.69) is 34.4 Å². The number of aromatic nitrogens is 2. The van der Waals surface area contributed by atoms with Gasteiger partial charge in [-0.2, -0.15) is 5.10 Å². The second-order valence-corrected chi connectivity index (χ2v) is 7.29. The molecule has 1 aliphatic rings. The third-order valence-corrected chi connectivity index (χ3v) is 4.70. The molecule has 26 heavy (non-hydrogen) atoms. The molecule has 1 fully saturated rings. The third-order valence-electron chi connectivity index (χ3n) is 4.70. The van der Waals surface area contributed by atoms with E-state index < -0.39 is 0 Å². The van der Waals surface area contributed by atoms with E-state index in [9.17, 15) is 4.79 Å². The number of carbonyl (C=O) groups is 1. The van der Waals surface area contributed by atoms with Gasteiger partial charge >= 0.3 is 0 Å². The lowest BCUT2D eigenvalue weighted by atomic mass is 10.2. The highest BCUT2D eigenvalue weighted by atomic mass is 16.5. The zero-order valence-electron chi connectivity index (χ0n) is 16.2. The number of nitrogens with one attached hydrogen (secondary N) is 1. The Morgan fingerprint density at radius 3 is 2.38 bits per heavy atom. The van der Waals surface area contributed by atoms with E-state index in [0.29, 0.717) is 6.54 Å². The van der Waals surface area contributed by atoms with Crippen molar-refractivity contribution in [3.8, 4) is 5.69 Å². The van der Waals surface area contributed by atoms with Crippen molar-refractivity contribution in [3.05, 3.63) is 41.2 Å². The van der Waals surface area contributed by atoms with Crippen LogP contribution in [0, 0.1) is 20.8 Å². The molecule has 140 valence electrons. The highest BCUT2D eigenvalue weighted by Crippen LogP contribution is 2.23. The molecular weight excluding hydrogens is 328 g/mol. The van der Waals surface area contributed by atoms with Gasteiger partial charge in [0.15, 0.2) is 0 Å². The van der Waals surface area contributed by atoms with Crippen LogP contribution < -0.4 is 5.32 Å². The van der Waals surface area contributed by atoms with Crippen LogP contribution in [0.2, 0.25) is 0 Å². The predicted octanol–water partition coefficient (Wildman–Crippen LogP) is 2.85. The lowest BCUT2D eigenvalue weighted by Crippen LogP contribution is -2.48. The van der Waals surface area contributed by atoms with Gasteiger partial charge in [-0.05, 0) is 46.8 Å². The zero-order valence-corrected chi connectivity index (χ0v) is 16.2. The van der Waals surface area contributed by atoms with Gasteiger partial charge in [0.25, 0.3) is 0 Å². The van der Waals surface area contributed by atoms with Gasteiger partial charge in [0.1, 0.15) is 0 Å². The van der Waals surface area contributed by atoms with Crippen LogP contribution in [0.5, 0.6) is 0 Å². The lowest BCUT2D eigenvalue weighted by molar-refractivity contribution is -0.121. The van der Waals surface area contributed by atoms with Gasteiger partial charge in [0.05, 0.1) is 41.5 Å². The number of amides is 1. The van der Waals surface area contributed by atoms with Gasteiger partial charge < -0.3 is 10.1 Å². The molecule has 0 spiro atoms. The fourth-order valence-corrected chi connectivity index (χ4v) is 3.56. The first kappa shape index (κ1) is 18.6. The fourth-order valence-electron chi connectivity index (χ4n) is 3.56. The highest BCUT2D eigenvalue weighted by Gasteiger charge is 2.24. The Morgan fingerprint density at radius 2 is 1.77 bits per heavy atom. The average Bonchev–Trinajstić information content (AvgIpc) is 2.83. The van der Waals surface area contributed by atoms with Crippen LogP contribution in [0.1, 0.15) is 30.8 Å². The molecule has 0 saturated carbocycles. The molecule has 2 heterocycles. The maximum Gasteiger partial charge on any atom is 0.238 e. The van der Waals surface area contributed by atoms with Gasteiger partial charge in [-0.25, -0.2) is 4.68 Å². The number of hydrogen-bond donors (Lipinski definition) is 1. The maximum absolute atomic E-state index is 12.6. The maximum atomic E-state index is 12.6. The average molecular weight is 356 g/mol. The quantitative estimate of drug-likeness (QED) is 0.915. The lowest BCUT2D eigenvalue weighted by Gasteiger charge is -2.34. The monoisotopic (exact) mass is 356 g/mol. The van der Waals surface area contributed by atoms with E-state index in [1.807, 2.05) is 44.5 Å². The molecule has 0 unspecified atom stereocenters. The molecule has 6 nitrogen and oxygen atoms in total. The number of aryl methyl sites for hydroxylation is 2. The minimum Gasteiger partial charge on any atom is -0.373 e. The number of morpholine rings is 1. The Balaban J connectivity index is 1.71. The van der Waals surface area contributed by atoms with Gasteiger partial charge in [0.2, 0.25) is 5.91 Å². The van der Waals surface area contributed by atoms with Crippen LogP contribution >= 0.6 is 0 Å². The summed E-state index contributed by atoms with van der Waals surface area (Å²) in [5, 5.41) is 7.65. The molecule has 1 aromatic carbocycles. The molecule has 3 rings (SSSR count). The second kappa shape index (κ2) is 7.60. The van der Waals surface area contributed by atoms with E-state index in [0.717, 1.165) is 35.9 Å². The van der Waals surface area contributed by atoms with Crippen molar-refractivity contribution in [2.75, 3.05) is 25.0 Å². The van der Waals surface area contributed by atoms with Crippen molar-refractivity contribution in [2.24, 2.45) is 0 Å². The summed E-state index contributed by atoms with van der Waals surface area (Å²) in [6, 6.07) is 8.20. The Morgan fingerprint density at radius 1 is 1.15 bits per heavy atom. The minimum atomic E-state index is -0.0130. The van der Waals surface area contributed by atoms with E-state index in [-0.39, 0.29) is 18.1 Å². The van der Waals surface area contributed by atoms with E-state index in [1.54, 1.807) is 0 Å². The van der Waals surface area contributed by atoms with Crippen molar-refractivity contribution in [1.82, 2.24) is 14.7 Å². The van der Waals surface area contributed by atoms with Crippen molar-refractivity contribution in [2.45, 2.75) is 46.8 Å². The largest absolute Gasteiger partial charge is 0.373 e. The van der Waals surface area contributed by atoms with Gasteiger partial charge in [0, 0.05) is 13.1 Å². The first-order valence-corrected chi connectivity index (χ1v) is 9.14. The van der Waals surface area contributed by atoms with Crippen LogP contribution in [0.4, 0.5) is 5.69 Å². The summed E-state index contributed by atoms with van der Waals surface area (Å²) in [5.74, 6) is -0.0130. The molecule has 2 atom stereocenters. The van der Waals surface area contributed by atoms with Crippen LogP contribution in [0.25, 0.3) is 5.69 Å². The highest BCUT2D eigenvalue weighted by molar-refractivity contribution is 5.93. The van der Waals surface area contributed by atoms with E-state index >= 15 is 0 Å². The molecule has 1 saturated heterocycles. The summed E-state index contributed by atoms with van der Waals surface area (Å²) in [6.45, 7) is 12.0. The standard InChI is InChI=1S/C20H28N4O2/c1-13-6-8-18(9-7-13)24-17(5)20(16(4)22-24)21-19(25)12-23-10-14(2)26-15(3)11-23/h6-9,14-15H,10-12H2,1-5H3,(H,21,25)/t14-,15-/m0/s1. The Kier molecular flexibility index (Phi) is 5.44. The SMILES string of the molecule is Cc1ccc(-n2nc(C)c(NC(=O)CN3C[C@H](C)O[C@@H](C)C3)c2C)cc1. The number of rotatable bonds is 4. The molecule has 2 aromatic rings. The molecule has 0 aliphatic carbocycles. The molecule has 1 amide bonds. The summed E-state index contributed by atoms with van der Waals surface area (Å²) in [5.41, 5.74) is 4.75.